The molecule has 2 N–H and O–H groups in total. The van der Waals surface area contributed by atoms with Gasteiger partial charge in [0.05, 0.1) is 21.1 Å². The van der Waals surface area contributed by atoms with Crippen LogP contribution in [0.2, 0.25) is 0 Å². The number of anilines is 2. The van der Waals surface area contributed by atoms with Crippen molar-refractivity contribution in [2.45, 2.75) is 17.6 Å². The van der Waals surface area contributed by atoms with Crippen LogP contribution in [0.25, 0.3) is 0 Å². The van der Waals surface area contributed by atoms with E-state index in [1.807, 2.05) is 48.0 Å². The Hall–Kier alpha value is -2.94. The molecule has 0 aliphatic carbocycles. The highest BCUT2D eigenvalue weighted by molar-refractivity contribution is 7.98. The van der Waals surface area contributed by atoms with E-state index in [4.69, 9.17) is 0 Å². The minimum Gasteiger partial charge on any atom is -0.322 e. The Morgan fingerprint density at radius 2 is 1.71 bits per heavy atom. The molecular weight excluding hydrogens is 446 g/mol. The first kappa shape index (κ1) is 21.3. The summed E-state index contributed by atoms with van der Waals surface area (Å²) in [5.74, 6) is 0.343. The van der Waals surface area contributed by atoms with Crippen LogP contribution in [0, 0.1) is 6.92 Å². The van der Waals surface area contributed by atoms with E-state index in [0.717, 1.165) is 15.6 Å². The summed E-state index contributed by atoms with van der Waals surface area (Å²) >= 11 is 4.59. The van der Waals surface area contributed by atoms with Crippen LogP contribution < -0.4 is 10.6 Å². The molecule has 0 saturated heterocycles. The van der Waals surface area contributed by atoms with E-state index >= 15 is 0 Å². The van der Waals surface area contributed by atoms with Crippen LogP contribution >= 0.6 is 34.4 Å². The second kappa shape index (κ2) is 9.91. The SMILES string of the molecule is Cc1nc(CSc2ccccc2C(=O)Nc2cccc(NC(=O)c3cccs3)c2)cs1. The fraction of sp³-hybridized carbons (Fsp3) is 0.0870. The van der Waals surface area contributed by atoms with Crippen LogP contribution in [0.15, 0.2) is 76.3 Å². The predicted molar refractivity (Wildman–Crippen MR) is 130 cm³/mol. The molecule has 0 bridgehead atoms. The lowest BCUT2D eigenvalue weighted by atomic mass is 10.2. The number of hydrogen-bond donors (Lipinski definition) is 2. The summed E-state index contributed by atoms with van der Waals surface area (Å²) in [7, 11) is 0. The molecule has 2 aromatic heterocycles. The minimum absolute atomic E-state index is 0.169. The fourth-order valence-corrected chi connectivity index (χ4v) is 5.16. The minimum atomic E-state index is -0.195. The number of carbonyl (C=O) groups excluding carboxylic acids is 2. The van der Waals surface area contributed by atoms with Gasteiger partial charge >= 0.3 is 0 Å². The molecule has 8 heteroatoms. The van der Waals surface area contributed by atoms with Gasteiger partial charge in [0, 0.05) is 27.4 Å². The van der Waals surface area contributed by atoms with Gasteiger partial charge in [-0.25, -0.2) is 4.98 Å². The molecule has 5 nitrogen and oxygen atoms in total. The number of carbonyl (C=O) groups is 2. The Morgan fingerprint density at radius 1 is 0.935 bits per heavy atom. The van der Waals surface area contributed by atoms with Crippen molar-refractivity contribution in [2.24, 2.45) is 0 Å². The number of nitrogens with zero attached hydrogens (tertiary/aromatic N) is 1. The second-order valence-corrected chi connectivity index (χ2v) is 9.64. The van der Waals surface area contributed by atoms with Crippen LogP contribution in [0.5, 0.6) is 0 Å². The quantitative estimate of drug-likeness (QED) is 0.314. The summed E-state index contributed by atoms with van der Waals surface area (Å²) in [4.78, 5) is 31.2. The zero-order valence-electron chi connectivity index (χ0n) is 16.6. The highest BCUT2D eigenvalue weighted by Gasteiger charge is 2.13. The number of aryl methyl sites for hydroxylation is 1. The molecule has 0 aliphatic heterocycles. The highest BCUT2D eigenvalue weighted by Crippen LogP contribution is 2.28. The van der Waals surface area contributed by atoms with E-state index in [2.05, 4.69) is 15.6 Å². The number of benzene rings is 2. The lowest BCUT2D eigenvalue weighted by molar-refractivity contribution is 0.101. The van der Waals surface area contributed by atoms with Gasteiger partial charge in [-0.2, -0.15) is 0 Å². The van der Waals surface area contributed by atoms with E-state index in [1.54, 1.807) is 53.4 Å². The molecule has 0 spiro atoms. The largest absolute Gasteiger partial charge is 0.322 e. The van der Waals surface area contributed by atoms with E-state index in [9.17, 15) is 9.59 Å². The van der Waals surface area contributed by atoms with Crippen molar-refractivity contribution in [1.29, 1.82) is 0 Å². The molecule has 4 aromatic rings. The Bertz CT molecular complexity index is 1200. The summed E-state index contributed by atoms with van der Waals surface area (Å²) in [6.07, 6.45) is 0. The first-order chi connectivity index (χ1) is 15.1. The normalized spacial score (nSPS) is 10.6. The molecule has 2 aromatic carbocycles. The van der Waals surface area contributed by atoms with Crippen molar-refractivity contribution in [3.8, 4) is 0 Å². The first-order valence-electron chi connectivity index (χ1n) is 9.47. The molecule has 0 saturated carbocycles. The van der Waals surface area contributed by atoms with Gasteiger partial charge in [-0.15, -0.1) is 34.4 Å². The molecule has 0 atom stereocenters. The number of rotatable bonds is 7. The van der Waals surface area contributed by atoms with Gasteiger partial charge in [0.1, 0.15) is 0 Å². The van der Waals surface area contributed by atoms with Crippen molar-refractivity contribution in [3.05, 3.63) is 92.6 Å². The van der Waals surface area contributed by atoms with Crippen molar-refractivity contribution >= 4 is 57.6 Å². The van der Waals surface area contributed by atoms with Gasteiger partial charge in [-0.1, -0.05) is 24.3 Å². The van der Waals surface area contributed by atoms with Gasteiger partial charge < -0.3 is 10.6 Å². The Kier molecular flexibility index (Phi) is 6.81. The summed E-state index contributed by atoms with van der Waals surface area (Å²) in [5.41, 5.74) is 2.85. The Morgan fingerprint density at radius 3 is 2.42 bits per heavy atom. The predicted octanol–water partition coefficient (Wildman–Crippen LogP) is 6.31. The van der Waals surface area contributed by atoms with Gasteiger partial charge in [-0.3, -0.25) is 9.59 Å². The number of thiazole rings is 1. The molecule has 156 valence electrons. The molecule has 2 heterocycles. The topological polar surface area (TPSA) is 71.1 Å². The summed E-state index contributed by atoms with van der Waals surface area (Å²) in [6, 6.07) is 18.3. The zero-order valence-corrected chi connectivity index (χ0v) is 19.1. The van der Waals surface area contributed by atoms with Crippen molar-refractivity contribution in [1.82, 2.24) is 4.98 Å². The average Bonchev–Trinajstić information content (AvgIpc) is 3.45. The zero-order chi connectivity index (χ0) is 21.6. The number of amides is 2. The van der Waals surface area contributed by atoms with E-state index in [-0.39, 0.29) is 11.8 Å². The third-order valence-electron chi connectivity index (χ3n) is 4.30. The molecular formula is C23H19N3O2S3. The number of nitrogens with one attached hydrogen (secondary N) is 2. The number of thioether (sulfide) groups is 1. The Labute approximate surface area is 192 Å². The molecule has 0 aliphatic rings. The maximum absolute atomic E-state index is 12.9. The molecule has 0 fully saturated rings. The third kappa shape index (κ3) is 5.61. The Balaban J connectivity index is 1.44. The molecule has 0 radical (unpaired) electrons. The van der Waals surface area contributed by atoms with E-state index < -0.39 is 0 Å². The first-order valence-corrected chi connectivity index (χ1v) is 12.2. The standard InChI is InChI=1S/C23H19N3O2S3/c1-15-24-18(13-30-15)14-31-20-9-3-2-8-19(20)22(27)25-16-6-4-7-17(12-16)26-23(28)21-10-5-11-29-21/h2-13H,14H2,1H3,(H,25,27)(H,26,28). The number of aromatic nitrogens is 1. The van der Waals surface area contributed by atoms with Crippen LogP contribution in [0.3, 0.4) is 0 Å². The van der Waals surface area contributed by atoms with Gasteiger partial charge in [0.15, 0.2) is 0 Å². The van der Waals surface area contributed by atoms with Crippen LogP contribution in [0.1, 0.15) is 30.7 Å². The molecule has 31 heavy (non-hydrogen) atoms. The van der Waals surface area contributed by atoms with Gasteiger partial charge in [-0.05, 0) is 48.7 Å². The van der Waals surface area contributed by atoms with Crippen LogP contribution in [-0.2, 0) is 5.75 Å². The monoisotopic (exact) mass is 465 g/mol. The summed E-state index contributed by atoms with van der Waals surface area (Å²) in [6.45, 7) is 1.98. The van der Waals surface area contributed by atoms with Crippen molar-refractivity contribution in [3.63, 3.8) is 0 Å². The fourth-order valence-electron chi connectivity index (χ4n) is 2.88. The molecule has 2 amide bonds. The smallest absolute Gasteiger partial charge is 0.265 e. The second-order valence-electron chi connectivity index (χ2n) is 6.61. The van der Waals surface area contributed by atoms with E-state index in [1.165, 1.54) is 11.3 Å². The lowest BCUT2D eigenvalue weighted by Gasteiger charge is -2.11. The van der Waals surface area contributed by atoms with Crippen LogP contribution in [-0.4, -0.2) is 16.8 Å². The van der Waals surface area contributed by atoms with Gasteiger partial charge in [0.2, 0.25) is 0 Å². The molecule has 0 unspecified atom stereocenters. The number of thiophene rings is 1. The summed E-state index contributed by atoms with van der Waals surface area (Å²) in [5, 5.41) is 10.7. The van der Waals surface area contributed by atoms with Crippen LogP contribution in [0.4, 0.5) is 11.4 Å². The average molecular weight is 466 g/mol. The van der Waals surface area contributed by atoms with E-state index in [0.29, 0.717) is 27.6 Å². The summed E-state index contributed by atoms with van der Waals surface area (Å²) < 4.78 is 0. The molecule has 4 rings (SSSR count). The number of hydrogen-bond acceptors (Lipinski definition) is 6. The van der Waals surface area contributed by atoms with Crippen molar-refractivity contribution < 1.29 is 9.59 Å². The highest BCUT2D eigenvalue weighted by atomic mass is 32.2. The third-order valence-corrected chi connectivity index (χ3v) is 7.10. The van der Waals surface area contributed by atoms with Gasteiger partial charge in [0.25, 0.3) is 11.8 Å². The lowest BCUT2D eigenvalue weighted by Crippen LogP contribution is -2.14. The maximum Gasteiger partial charge on any atom is 0.265 e. The maximum atomic E-state index is 12.9. The van der Waals surface area contributed by atoms with Crippen molar-refractivity contribution in [2.75, 3.05) is 10.6 Å².